The monoisotopic (exact) mass is 378 g/mol. The number of nitrogens with one attached hydrogen (secondary N) is 1. The van der Waals surface area contributed by atoms with E-state index < -0.39 is 6.09 Å². The third kappa shape index (κ3) is 5.36. The minimum atomic E-state index is -0.405. The molecule has 0 spiro atoms. The Morgan fingerprint density at radius 3 is 2.68 bits per heavy atom. The average molecular weight is 379 g/mol. The molecule has 0 radical (unpaired) electrons. The van der Waals surface area contributed by atoms with Crippen LogP contribution in [0, 0.1) is 0 Å². The second kappa shape index (κ2) is 8.56. The molecular weight excluding hydrogens is 359 g/mol. The van der Waals surface area contributed by atoms with Crippen molar-refractivity contribution < 1.29 is 9.53 Å². The molecule has 1 heterocycles. The quantitative estimate of drug-likeness (QED) is 0.832. The van der Waals surface area contributed by atoms with Gasteiger partial charge in [-0.25, -0.2) is 4.79 Å². The normalized spacial score (nSPS) is 17.4. The molecule has 4 nitrogen and oxygen atoms in total. The Labute approximate surface area is 157 Å². The van der Waals surface area contributed by atoms with Crippen molar-refractivity contribution in [3.8, 4) is 0 Å². The minimum absolute atomic E-state index is 0.0717. The Kier molecular flexibility index (Phi) is 6.19. The third-order valence-electron chi connectivity index (χ3n) is 4.17. The SMILES string of the molecule is O=C(NCc1ccc(Cl)c(Cl)c1)OC1CCN(Cc2ccccc2)C1. The molecule has 1 fully saturated rings. The molecule has 3 rings (SSSR count). The number of hydrogen-bond acceptors (Lipinski definition) is 3. The fourth-order valence-electron chi connectivity index (χ4n) is 2.90. The van der Waals surface area contributed by atoms with E-state index in [1.807, 2.05) is 24.3 Å². The molecule has 0 bridgehead atoms. The van der Waals surface area contributed by atoms with E-state index in [-0.39, 0.29) is 6.10 Å². The maximum absolute atomic E-state index is 12.0. The second-order valence-electron chi connectivity index (χ2n) is 6.14. The third-order valence-corrected chi connectivity index (χ3v) is 4.91. The van der Waals surface area contributed by atoms with Crippen molar-refractivity contribution in [3.63, 3.8) is 0 Å². The summed E-state index contributed by atoms with van der Waals surface area (Å²) in [4.78, 5) is 14.3. The summed E-state index contributed by atoms with van der Waals surface area (Å²) in [5.74, 6) is 0. The number of halogens is 2. The number of hydrogen-bond donors (Lipinski definition) is 1. The smallest absolute Gasteiger partial charge is 0.407 e. The topological polar surface area (TPSA) is 41.6 Å². The Hall–Kier alpha value is -1.75. The average Bonchev–Trinajstić information content (AvgIpc) is 3.03. The van der Waals surface area contributed by atoms with Crippen LogP contribution < -0.4 is 5.32 Å². The molecule has 1 atom stereocenters. The number of carbonyl (C=O) groups excluding carboxylic acids is 1. The van der Waals surface area contributed by atoms with Gasteiger partial charge in [0, 0.05) is 26.2 Å². The summed E-state index contributed by atoms with van der Waals surface area (Å²) in [6, 6.07) is 15.6. The Balaban J connectivity index is 1.42. The van der Waals surface area contributed by atoms with Gasteiger partial charge in [-0.1, -0.05) is 59.6 Å². The van der Waals surface area contributed by atoms with Crippen molar-refractivity contribution in [1.29, 1.82) is 0 Å². The van der Waals surface area contributed by atoms with E-state index in [1.165, 1.54) is 5.56 Å². The van der Waals surface area contributed by atoms with Gasteiger partial charge in [-0.2, -0.15) is 0 Å². The fourth-order valence-corrected chi connectivity index (χ4v) is 3.22. The summed E-state index contributed by atoms with van der Waals surface area (Å²) in [6.45, 7) is 2.93. The summed E-state index contributed by atoms with van der Waals surface area (Å²) >= 11 is 11.8. The molecule has 2 aromatic carbocycles. The summed E-state index contributed by atoms with van der Waals surface area (Å²) in [7, 11) is 0. The van der Waals surface area contributed by atoms with Crippen molar-refractivity contribution in [2.75, 3.05) is 13.1 Å². The fraction of sp³-hybridized carbons (Fsp3) is 0.316. The van der Waals surface area contributed by atoms with Gasteiger partial charge < -0.3 is 10.1 Å². The lowest BCUT2D eigenvalue weighted by atomic mass is 10.2. The van der Waals surface area contributed by atoms with Crippen molar-refractivity contribution in [1.82, 2.24) is 10.2 Å². The van der Waals surface area contributed by atoms with Gasteiger partial charge in [-0.15, -0.1) is 0 Å². The van der Waals surface area contributed by atoms with Crippen LogP contribution in [0.1, 0.15) is 17.5 Å². The molecule has 0 aliphatic carbocycles. The van der Waals surface area contributed by atoms with Gasteiger partial charge in [0.2, 0.25) is 0 Å². The van der Waals surface area contributed by atoms with E-state index in [0.29, 0.717) is 16.6 Å². The largest absolute Gasteiger partial charge is 0.445 e. The zero-order valence-corrected chi connectivity index (χ0v) is 15.3. The number of ether oxygens (including phenoxy) is 1. The molecule has 1 aliphatic rings. The molecule has 2 aromatic rings. The van der Waals surface area contributed by atoms with Crippen molar-refractivity contribution in [2.24, 2.45) is 0 Å². The molecule has 0 saturated carbocycles. The van der Waals surface area contributed by atoms with Gasteiger partial charge in [0.15, 0.2) is 0 Å². The lowest BCUT2D eigenvalue weighted by Crippen LogP contribution is -2.30. The molecule has 25 heavy (non-hydrogen) atoms. The summed E-state index contributed by atoms with van der Waals surface area (Å²) in [6.07, 6.45) is 0.377. The number of carbonyl (C=O) groups is 1. The van der Waals surface area contributed by atoms with Crippen LogP contribution in [0.2, 0.25) is 10.0 Å². The first kappa shape index (κ1) is 18.1. The van der Waals surface area contributed by atoms with Crippen LogP contribution in [-0.4, -0.2) is 30.2 Å². The number of alkyl carbamates (subject to hydrolysis) is 1. The predicted octanol–water partition coefficient (Wildman–Crippen LogP) is 4.49. The molecule has 1 amide bonds. The lowest BCUT2D eigenvalue weighted by molar-refractivity contribution is 0.0996. The molecule has 132 valence electrons. The standard InChI is InChI=1S/C19H20Cl2N2O2/c20-17-7-6-15(10-18(17)21)11-22-19(24)25-16-8-9-23(13-16)12-14-4-2-1-3-5-14/h1-7,10,16H,8-9,11-13H2,(H,22,24). The summed E-state index contributed by atoms with van der Waals surface area (Å²) in [5.41, 5.74) is 2.15. The van der Waals surface area contributed by atoms with E-state index >= 15 is 0 Å². The van der Waals surface area contributed by atoms with E-state index in [1.54, 1.807) is 12.1 Å². The van der Waals surface area contributed by atoms with Crippen LogP contribution in [0.4, 0.5) is 4.79 Å². The van der Waals surface area contributed by atoms with E-state index in [9.17, 15) is 4.79 Å². The highest BCUT2D eigenvalue weighted by Crippen LogP contribution is 2.22. The Bertz CT molecular complexity index is 725. The highest BCUT2D eigenvalue weighted by atomic mass is 35.5. The highest BCUT2D eigenvalue weighted by Gasteiger charge is 2.25. The minimum Gasteiger partial charge on any atom is -0.445 e. The van der Waals surface area contributed by atoms with Gasteiger partial charge >= 0.3 is 6.09 Å². The van der Waals surface area contributed by atoms with Crippen molar-refractivity contribution in [3.05, 3.63) is 69.7 Å². The van der Waals surface area contributed by atoms with Gasteiger partial charge in [-0.3, -0.25) is 4.90 Å². The Morgan fingerprint density at radius 1 is 1.12 bits per heavy atom. The van der Waals surface area contributed by atoms with E-state index in [0.717, 1.165) is 31.6 Å². The molecule has 0 aromatic heterocycles. The van der Waals surface area contributed by atoms with Crippen LogP contribution in [0.15, 0.2) is 48.5 Å². The van der Waals surface area contributed by atoms with E-state index in [2.05, 4.69) is 22.3 Å². The van der Waals surface area contributed by atoms with Crippen LogP contribution in [-0.2, 0) is 17.8 Å². The predicted molar refractivity (Wildman–Crippen MR) is 99.9 cm³/mol. The summed E-state index contributed by atoms with van der Waals surface area (Å²) < 4.78 is 5.50. The number of rotatable bonds is 5. The van der Waals surface area contributed by atoms with Gasteiger partial charge in [-0.05, 0) is 29.7 Å². The van der Waals surface area contributed by atoms with Crippen LogP contribution in [0.25, 0.3) is 0 Å². The number of nitrogens with zero attached hydrogens (tertiary/aromatic N) is 1. The number of amides is 1. The number of likely N-dealkylation sites (tertiary alicyclic amines) is 1. The first-order valence-corrected chi connectivity index (χ1v) is 9.00. The summed E-state index contributed by atoms with van der Waals surface area (Å²) in [5, 5.41) is 3.73. The molecule has 1 unspecified atom stereocenters. The molecular formula is C19H20Cl2N2O2. The molecule has 1 N–H and O–H groups in total. The maximum Gasteiger partial charge on any atom is 0.407 e. The highest BCUT2D eigenvalue weighted by molar-refractivity contribution is 6.42. The van der Waals surface area contributed by atoms with Crippen molar-refractivity contribution in [2.45, 2.75) is 25.6 Å². The van der Waals surface area contributed by atoms with Crippen LogP contribution in [0.3, 0.4) is 0 Å². The van der Waals surface area contributed by atoms with Crippen LogP contribution >= 0.6 is 23.2 Å². The van der Waals surface area contributed by atoms with E-state index in [4.69, 9.17) is 27.9 Å². The maximum atomic E-state index is 12.0. The first-order chi connectivity index (χ1) is 12.1. The zero-order valence-electron chi connectivity index (χ0n) is 13.8. The number of benzene rings is 2. The zero-order chi connectivity index (χ0) is 17.6. The molecule has 1 aliphatic heterocycles. The molecule has 1 saturated heterocycles. The Morgan fingerprint density at radius 2 is 1.92 bits per heavy atom. The molecule has 6 heteroatoms. The van der Waals surface area contributed by atoms with Gasteiger partial charge in [0.25, 0.3) is 0 Å². The first-order valence-electron chi connectivity index (χ1n) is 8.25. The lowest BCUT2D eigenvalue weighted by Gasteiger charge is -2.16. The van der Waals surface area contributed by atoms with Crippen LogP contribution in [0.5, 0.6) is 0 Å². The van der Waals surface area contributed by atoms with Gasteiger partial charge in [0.1, 0.15) is 6.10 Å². The van der Waals surface area contributed by atoms with Gasteiger partial charge in [0.05, 0.1) is 10.0 Å². The second-order valence-corrected chi connectivity index (χ2v) is 6.95. The van der Waals surface area contributed by atoms with Crippen molar-refractivity contribution >= 4 is 29.3 Å².